The highest BCUT2D eigenvalue weighted by molar-refractivity contribution is 5.60. The van der Waals surface area contributed by atoms with E-state index in [1.165, 1.54) is 0 Å². The molecule has 4 nitrogen and oxygen atoms in total. The molecule has 1 aromatic carbocycles. The summed E-state index contributed by atoms with van der Waals surface area (Å²) >= 11 is 0. The van der Waals surface area contributed by atoms with Crippen molar-refractivity contribution in [2.45, 2.75) is 6.42 Å². The van der Waals surface area contributed by atoms with Gasteiger partial charge < -0.3 is 19.7 Å². The third-order valence-corrected chi connectivity index (χ3v) is 2.72. The highest BCUT2D eigenvalue weighted by Crippen LogP contribution is 2.31. The van der Waals surface area contributed by atoms with E-state index in [-0.39, 0.29) is 0 Å². The third-order valence-electron chi connectivity index (χ3n) is 2.72. The Kier molecular flexibility index (Phi) is 5.63. The average Bonchev–Trinajstić information content (AvgIpc) is 2.38. The minimum Gasteiger partial charge on any atom is -0.497 e. The molecule has 0 spiro atoms. The number of benzene rings is 1. The van der Waals surface area contributed by atoms with Gasteiger partial charge in [0.05, 0.1) is 19.9 Å². The average molecular weight is 238 g/mol. The van der Waals surface area contributed by atoms with E-state index in [1.807, 2.05) is 25.2 Å². The van der Waals surface area contributed by atoms with Crippen molar-refractivity contribution < 1.29 is 9.47 Å². The van der Waals surface area contributed by atoms with Gasteiger partial charge in [-0.3, -0.25) is 0 Å². The molecule has 1 aromatic rings. The maximum atomic E-state index is 5.38. The molecule has 1 N–H and O–H groups in total. The largest absolute Gasteiger partial charge is 0.497 e. The molecule has 96 valence electrons. The molecular formula is C13H22N2O2. The lowest BCUT2D eigenvalue weighted by molar-refractivity contribution is 0.394. The molecule has 4 heteroatoms. The summed E-state index contributed by atoms with van der Waals surface area (Å²) in [6.45, 7) is 2.01. The van der Waals surface area contributed by atoms with E-state index in [9.17, 15) is 0 Å². The van der Waals surface area contributed by atoms with Crippen molar-refractivity contribution in [3.63, 3.8) is 0 Å². The van der Waals surface area contributed by atoms with Crippen LogP contribution >= 0.6 is 0 Å². The summed E-state index contributed by atoms with van der Waals surface area (Å²) in [4.78, 5) is 2.19. The van der Waals surface area contributed by atoms with Gasteiger partial charge in [0.15, 0.2) is 0 Å². The van der Waals surface area contributed by atoms with Crippen LogP contribution in [0.1, 0.15) is 6.42 Å². The zero-order valence-corrected chi connectivity index (χ0v) is 11.1. The summed E-state index contributed by atoms with van der Waals surface area (Å²) in [5, 5.41) is 3.14. The fourth-order valence-electron chi connectivity index (χ4n) is 1.71. The minimum atomic E-state index is 0.814. The van der Waals surface area contributed by atoms with Gasteiger partial charge in [-0.25, -0.2) is 0 Å². The Labute approximate surface area is 104 Å². The Morgan fingerprint density at radius 1 is 1.24 bits per heavy atom. The molecule has 0 fully saturated rings. The Morgan fingerprint density at radius 2 is 2.00 bits per heavy atom. The van der Waals surface area contributed by atoms with Crippen molar-refractivity contribution in [3.05, 3.63) is 18.2 Å². The molecule has 0 aliphatic heterocycles. The molecule has 0 aliphatic rings. The molecule has 0 saturated heterocycles. The van der Waals surface area contributed by atoms with Gasteiger partial charge in [0, 0.05) is 19.7 Å². The van der Waals surface area contributed by atoms with Gasteiger partial charge >= 0.3 is 0 Å². The summed E-state index contributed by atoms with van der Waals surface area (Å²) in [5.74, 6) is 1.66. The van der Waals surface area contributed by atoms with E-state index in [1.54, 1.807) is 14.2 Å². The molecule has 0 amide bonds. The normalized spacial score (nSPS) is 10.1. The van der Waals surface area contributed by atoms with Gasteiger partial charge in [0.1, 0.15) is 11.5 Å². The standard InChI is InChI=1S/C13H22N2O2/c1-14-8-5-9-15(2)12-7-6-11(16-3)10-13(12)17-4/h6-7,10,14H,5,8-9H2,1-4H3. The van der Waals surface area contributed by atoms with Gasteiger partial charge in [0.2, 0.25) is 0 Å². The van der Waals surface area contributed by atoms with Gasteiger partial charge in [-0.1, -0.05) is 0 Å². The zero-order chi connectivity index (χ0) is 12.7. The Balaban J connectivity index is 2.74. The van der Waals surface area contributed by atoms with E-state index in [2.05, 4.69) is 17.3 Å². The number of methoxy groups -OCH3 is 2. The van der Waals surface area contributed by atoms with Gasteiger partial charge in [-0.2, -0.15) is 0 Å². The van der Waals surface area contributed by atoms with Crippen LogP contribution in [0.15, 0.2) is 18.2 Å². The quantitative estimate of drug-likeness (QED) is 0.734. The fourth-order valence-corrected chi connectivity index (χ4v) is 1.71. The first kappa shape index (κ1) is 13.6. The summed E-state index contributed by atoms with van der Waals surface area (Å²) in [5.41, 5.74) is 1.09. The van der Waals surface area contributed by atoms with Crippen molar-refractivity contribution in [2.24, 2.45) is 0 Å². The van der Waals surface area contributed by atoms with Crippen molar-refractivity contribution in [3.8, 4) is 11.5 Å². The van der Waals surface area contributed by atoms with Crippen molar-refractivity contribution in [2.75, 3.05) is 46.3 Å². The van der Waals surface area contributed by atoms with Crippen LogP contribution in [0.4, 0.5) is 5.69 Å². The lowest BCUT2D eigenvalue weighted by Gasteiger charge is -2.22. The second-order valence-corrected chi connectivity index (χ2v) is 3.92. The molecule has 0 atom stereocenters. The molecule has 0 aliphatic carbocycles. The lowest BCUT2D eigenvalue weighted by Crippen LogP contribution is -2.22. The molecular weight excluding hydrogens is 216 g/mol. The van der Waals surface area contributed by atoms with Crippen molar-refractivity contribution in [1.82, 2.24) is 5.32 Å². The second-order valence-electron chi connectivity index (χ2n) is 3.92. The third kappa shape index (κ3) is 3.82. The molecule has 0 radical (unpaired) electrons. The first-order valence-corrected chi connectivity index (χ1v) is 5.80. The molecule has 0 heterocycles. The van der Waals surface area contributed by atoms with E-state index in [0.717, 1.165) is 36.7 Å². The molecule has 1 rings (SSSR count). The van der Waals surface area contributed by atoms with Gasteiger partial charge in [-0.05, 0) is 32.1 Å². The number of hydrogen-bond donors (Lipinski definition) is 1. The summed E-state index contributed by atoms with van der Waals surface area (Å²) in [7, 11) is 7.37. The van der Waals surface area contributed by atoms with Crippen LogP contribution in [0.3, 0.4) is 0 Å². The van der Waals surface area contributed by atoms with Crippen LogP contribution in [0, 0.1) is 0 Å². The fraction of sp³-hybridized carbons (Fsp3) is 0.538. The van der Waals surface area contributed by atoms with Crippen molar-refractivity contribution in [1.29, 1.82) is 0 Å². The summed E-state index contributed by atoms with van der Waals surface area (Å²) in [6.07, 6.45) is 1.10. The van der Waals surface area contributed by atoms with Crippen LogP contribution in [-0.2, 0) is 0 Å². The maximum Gasteiger partial charge on any atom is 0.145 e. The van der Waals surface area contributed by atoms with Crippen LogP contribution < -0.4 is 19.7 Å². The zero-order valence-electron chi connectivity index (χ0n) is 11.1. The first-order chi connectivity index (χ1) is 8.22. The number of anilines is 1. The number of nitrogens with zero attached hydrogens (tertiary/aromatic N) is 1. The lowest BCUT2D eigenvalue weighted by atomic mass is 10.2. The predicted octanol–water partition coefficient (Wildman–Crippen LogP) is 1.75. The molecule has 0 aromatic heterocycles. The van der Waals surface area contributed by atoms with E-state index >= 15 is 0 Å². The smallest absolute Gasteiger partial charge is 0.145 e. The Bertz CT molecular complexity index is 342. The van der Waals surface area contributed by atoms with Gasteiger partial charge in [-0.15, -0.1) is 0 Å². The molecule has 0 saturated carbocycles. The van der Waals surface area contributed by atoms with Crippen LogP contribution in [-0.4, -0.2) is 41.4 Å². The number of rotatable bonds is 7. The number of hydrogen-bond acceptors (Lipinski definition) is 4. The monoisotopic (exact) mass is 238 g/mol. The topological polar surface area (TPSA) is 33.7 Å². The highest BCUT2D eigenvalue weighted by Gasteiger charge is 2.08. The van der Waals surface area contributed by atoms with Crippen LogP contribution in [0.5, 0.6) is 11.5 Å². The molecule has 17 heavy (non-hydrogen) atoms. The minimum absolute atomic E-state index is 0.814. The highest BCUT2D eigenvalue weighted by atomic mass is 16.5. The van der Waals surface area contributed by atoms with E-state index < -0.39 is 0 Å². The molecule has 0 unspecified atom stereocenters. The first-order valence-electron chi connectivity index (χ1n) is 5.80. The van der Waals surface area contributed by atoms with Crippen LogP contribution in [0.2, 0.25) is 0 Å². The SMILES string of the molecule is CNCCCN(C)c1ccc(OC)cc1OC. The predicted molar refractivity (Wildman–Crippen MR) is 71.4 cm³/mol. The number of nitrogens with one attached hydrogen (secondary N) is 1. The van der Waals surface area contributed by atoms with E-state index in [4.69, 9.17) is 9.47 Å². The van der Waals surface area contributed by atoms with E-state index in [0.29, 0.717) is 0 Å². The molecule has 0 bridgehead atoms. The second kappa shape index (κ2) is 7.01. The number of ether oxygens (including phenoxy) is 2. The van der Waals surface area contributed by atoms with Crippen LogP contribution in [0.25, 0.3) is 0 Å². The summed E-state index contributed by atoms with van der Waals surface area (Å²) < 4.78 is 10.6. The maximum absolute atomic E-state index is 5.38. The van der Waals surface area contributed by atoms with Crippen molar-refractivity contribution >= 4 is 5.69 Å². The Hall–Kier alpha value is -1.42. The van der Waals surface area contributed by atoms with Gasteiger partial charge in [0.25, 0.3) is 0 Å². The summed E-state index contributed by atoms with van der Waals surface area (Å²) in [6, 6.07) is 5.88. The Morgan fingerprint density at radius 3 is 2.59 bits per heavy atom.